The Morgan fingerprint density at radius 3 is 2.44 bits per heavy atom. The third kappa shape index (κ3) is 6.11. The van der Waals surface area contributed by atoms with Crippen LogP contribution in [0.4, 0.5) is 5.69 Å². The standard InChI is InChI=1S/C33H39N3OSe2/c1-4-6-8-14-20-35-26-16-10-12-18-28(26)38-30(35)22-24-32(34-3)25(33(24)37)23-31-36(21-15-9-7-5-2)27-17-11-13-19-29(27)39-31/h10-13,16-19,22-23H,4-9,14-15,20-21H2,1-3H3/p+1. The van der Waals surface area contributed by atoms with Crippen LogP contribution in [-0.4, -0.2) is 48.8 Å². The van der Waals surface area contributed by atoms with Crippen molar-refractivity contribution in [2.75, 3.05) is 13.6 Å². The van der Waals surface area contributed by atoms with Gasteiger partial charge in [0.2, 0.25) is 0 Å². The molecule has 204 valence electrons. The van der Waals surface area contributed by atoms with Gasteiger partial charge in [0.1, 0.15) is 0 Å². The number of aliphatic imine (C=N–C) groups is 1. The Kier molecular flexibility index (Phi) is 9.76. The predicted octanol–water partition coefficient (Wildman–Crippen LogP) is 3.83. The normalized spacial score (nSPS) is 20.0. The van der Waals surface area contributed by atoms with Crippen molar-refractivity contribution in [3.8, 4) is 0 Å². The van der Waals surface area contributed by atoms with Crippen LogP contribution in [0.25, 0.3) is 15.9 Å². The molecule has 0 fully saturated rings. The Hall–Kier alpha value is -2.20. The number of nitrogens with zero attached hydrogens (tertiary/aromatic N) is 2. The van der Waals surface area contributed by atoms with Crippen molar-refractivity contribution < 1.29 is 14.6 Å². The fourth-order valence-corrected chi connectivity index (χ4v) is 10.4. The fourth-order valence-electron chi connectivity index (χ4n) is 5.51. The van der Waals surface area contributed by atoms with Crippen molar-refractivity contribution in [3.63, 3.8) is 0 Å². The first kappa shape index (κ1) is 28.3. The minimum atomic E-state index is 0.158. The summed E-state index contributed by atoms with van der Waals surface area (Å²) in [5.41, 5.74) is 5.20. The molecule has 4 nitrogen and oxygen atoms in total. The van der Waals surface area contributed by atoms with Gasteiger partial charge >= 0.3 is 247 Å². The number of rotatable bonds is 12. The van der Waals surface area contributed by atoms with E-state index in [4.69, 9.17) is 0 Å². The van der Waals surface area contributed by atoms with Crippen molar-refractivity contribution in [3.05, 3.63) is 80.7 Å². The van der Waals surface area contributed by atoms with Crippen LogP contribution in [0.5, 0.6) is 0 Å². The van der Waals surface area contributed by atoms with Crippen LogP contribution in [-0.2, 0) is 6.54 Å². The molecule has 2 aliphatic rings. The van der Waals surface area contributed by atoms with Gasteiger partial charge < -0.3 is 0 Å². The topological polar surface area (TPSA) is 43.7 Å². The zero-order chi connectivity index (χ0) is 27.2. The Bertz CT molecular complexity index is 1450. The summed E-state index contributed by atoms with van der Waals surface area (Å²) in [6, 6.07) is 17.6. The number of quaternary nitrogens is 1. The van der Waals surface area contributed by atoms with Crippen LogP contribution < -0.4 is 19.0 Å². The number of para-hydroxylation sites is 2. The van der Waals surface area contributed by atoms with E-state index < -0.39 is 0 Å². The van der Waals surface area contributed by atoms with Gasteiger partial charge in [-0.25, -0.2) is 0 Å². The zero-order valence-corrected chi connectivity index (χ0v) is 26.9. The number of nitrogens with one attached hydrogen (secondary N) is 1. The first-order valence-corrected chi connectivity index (χ1v) is 18.0. The maximum absolute atomic E-state index is 13.6. The molecule has 6 heteroatoms. The average Bonchev–Trinajstić information content (AvgIpc) is 3.49. The number of aromatic nitrogens is 1. The second kappa shape index (κ2) is 13.4. The Morgan fingerprint density at radius 1 is 0.897 bits per heavy atom. The second-order valence-electron chi connectivity index (χ2n) is 10.4. The molecule has 39 heavy (non-hydrogen) atoms. The molecule has 0 spiro atoms. The quantitative estimate of drug-likeness (QED) is 0.181. The molecular formula is C33H40N3OSe2+. The summed E-state index contributed by atoms with van der Waals surface area (Å²) in [6.07, 6.45) is 14.3. The Labute approximate surface area is 245 Å². The third-order valence-corrected chi connectivity index (χ3v) is 12.4. The number of hydrogen-bond donors (Lipinski definition) is 1. The van der Waals surface area contributed by atoms with Crippen molar-refractivity contribution >= 4 is 61.2 Å². The zero-order valence-electron chi connectivity index (χ0n) is 23.5. The number of benzene rings is 2. The van der Waals surface area contributed by atoms with Gasteiger partial charge in [-0.2, -0.15) is 0 Å². The second-order valence-corrected chi connectivity index (χ2v) is 14.9. The SMILES string of the molecule is CCCCCC[n+]1c(C=C2C(=NC)C(C=C3[Se]c4ccccc4[NH+]3CCCCCC)=C2[O-])[se]c2ccccc21. The molecule has 1 aliphatic heterocycles. The van der Waals surface area contributed by atoms with E-state index in [-0.39, 0.29) is 35.2 Å². The van der Waals surface area contributed by atoms with Gasteiger partial charge in [0, 0.05) is 0 Å². The molecule has 1 aliphatic carbocycles. The van der Waals surface area contributed by atoms with E-state index in [0.29, 0.717) is 0 Å². The molecule has 5 rings (SSSR count). The monoisotopic (exact) mass is 654 g/mol. The van der Waals surface area contributed by atoms with Crippen molar-refractivity contribution in [2.45, 2.75) is 71.8 Å². The third-order valence-electron chi connectivity index (χ3n) is 7.65. The molecule has 0 amide bonds. The molecule has 1 atom stereocenters. The van der Waals surface area contributed by atoms with E-state index in [1.54, 1.807) is 0 Å². The van der Waals surface area contributed by atoms with E-state index in [0.717, 1.165) is 29.9 Å². The molecular weight excluding hydrogens is 612 g/mol. The molecule has 3 aromatic rings. The fraction of sp³-hybridized carbons (Fsp3) is 0.394. The summed E-state index contributed by atoms with van der Waals surface area (Å²) >= 11 is 0.444. The molecule has 2 aromatic carbocycles. The molecule has 1 N–H and O–H groups in total. The van der Waals surface area contributed by atoms with Gasteiger partial charge in [-0.05, 0) is 0 Å². The number of hydrogen-bond acceptors (Lipinski definition) is 2. The maximum atomic E-state index is 13.6. The van der Waals surface area contributed by atoms with E-state index in [9.17, 15) is 5.11 Å². The van der Waals surface area contributed by atoms with Crippen molar-refractivity contribution in [1.29, 1.82) is 0 Å². The van der Waals surface area contributed by atoms with Gasteiger partial charge in [-0.1, -0.05) is 0 Å². The first-order valence-electron chi connectivity index (χ1n) is 14.5. The first-order chi connectivity index (χ1) is 19.2. The summed E-state index contributed by atoms with van der Waals surface area (Å²) in [5, 5.41) is 13.6. The molecule has 0 saturated carbocycles. The van der Waals surface area contributed by atoms with Crippen LogP contribution in [0.15, 0.2) is 81.1 Å². The minimum absolute atomic E-state index is 0.158. The van der Waals surface area contributed by atoms with Gasteiger partial charge in [0.05, 0.1) is 0 Å². The summed E-state index contributed by atoms with van der Waals surface area (Å²) < 4.78 is 7.98. The molecule has 1 unspecified atom stereocenters. The Balaban J connectivity index is 1.45. The number of unbranched alkanes of at least 4 members (excludes halogenated alkanes) is 6. The predicted molar refractivity (Wildman–Crippen MR) is 163 cm³/mol. The van der Waals surface area contributed by atoms with E-state index in [1.807, 2.05) is 7.05 Å². The van der Waals surface area contributed by atoms with Crippen LogP contribution in [0.1, 0.15) is 69.8 Å². The van der Waals surface area contributed by atoms with Crippen LogP contribution in [0.2, 0.25) is 0 Å². The summed E-state index contributed by atoms with van der Waals surface area (Å²) in [4.78, 5) is 6.09. The van der Waals surface area contributed by atoms with Crippen LogP contribution >= 0.6 is 0 Å². The summed E-state index contributed by atoms with van der Waals surface area (Å²) in [6.45, 7) is 6.63. The molecule has 0 bridgehead atoms. The molecule has 0 saturated heterocycles. The van der Waals surface area contributed by atoms with Gasteiger partial charge in [-0.3, -0.25) is 0 Å². The van der Waals surface area contributed by atoms with E-state index in [1.165, 1.54) is 85.4 Å². The number of aryl methyl sites for hydroxylation is 1. The Morgan fingerprint density at radius 2 is 1.64 bits per heavy atom. The molecule has 0 radical (unpaired) electrons. The van der Waals surface area contributed by atoms with Crippen LogP contribution in [0, 0.1) is 0 Å². The van der Waals surface area contributed by atoms with Crippen molar-refractivity contribution in [2.24, 2.45) is 4.99 Å². The summed E-state index contributed by atoms with van der Waals surface area (Å²) in [7, 11) is 1.83. The molecule has 1 aromatic heterocycles. The number of allylic oxidation sites excluding steroid dienone is 3. The summed E-state index contributed by atoms with van der Waals surface area (Å²) in [5.74, 6) is 0.158. The van der Waals surface area contributed by atoms with Gasteiger partial charge in [0.25, 0.3) is 0 Å². The van der Waals surface area contributed by atoms with Gasteiger partial charge in [-0.15, -0.1) is 0 Å². The molecule has 2 heterocycles. The average molecular weight is 653 g/mol. The number of fused-ring (bicyclic) bond motifs is 2. The van der Waals surface area contributed by atoms with Crippen LogP contribution in [0.3, 0.4) is 0 Å². The van der Waals surface area contributed by atoms with E-state index in [2.05, 4.69) is 84.1 Å². The van der Waals surface area contributed by atoms with Gasteiger partial charge in [0.15, 0.2) is 0 Å². The van der Waals surface area contributed by atoms with Crippen molar-refractivity contribution in [1.82, 2.24) is 0 Å². The van der Waals surface area contributed by atoms with E-state index >= 15 is 0 Å².